The molecule has 0 saturated heterocycles. The van der Waals surface area contributed by atoms with Crippen LogP contribution in [0, 0.1) is 11.7 Å². The number of halogens is 1. The molecule has 1 aromatic heterocycles. The molecule has 4 aromatic rings. The summed E-state index contributed by atoms with van der Waals surface area (Å²) in [7, 11) is 0. The monoisotopic (exact) mass is 473 g/mol. The Morgan fingerprint density at radius 2 is 1.66 bits per heavy atom. The van der Waals surface area contributed by atoms with Gasteiger partial charge >= 0.3 is 0 Å². The number of aromatic nitrogens is 3. The Bertz CT molecular complexity index is 1310. The van der Waals surface area contributed by atoms with Gasteiger partial charge in [0.2, 0.25) is 11.8 Å². The molecule has 35 heavy (non-hydrogen) atoms. The van der Waals surface area contributed by atoms with Crippen LogP contribution in [-0.2, 0) is 16.1 Å². The van der Waals surface area contributed by atoms with Crippen molar-refractivity contribution in [3.05, 3.63) is 90.2 Å². The molecule has 180 valence electrons. The van der Waals surface area contributed by atoms with Crippen LogP contribution >= 0.6 is 0 Å². The minimum absolute atomic E-state index is 0.0229. The van der Waals surface area contributed by atoms with Crippen molar-refractivity contribution >= 4 is 28.5 Å². The number of hydrogen-bond donors (Lipinski definition) is 1. The fourth-order valence-corrected chi connectivity index (χ4v) is 3.94. The smallest absolute Gasteiger partial charge is 0.249 e. The minimum atomic E-state index is -1.07. The zero-order chi connectivity index (χ0) is 24.8. The zero-order valence-corrected chi connectivity index (χ0v) is 19.8. The number of para-hydroxylation sites is 2. The first-order valence-electron chi connectivity index (χ1n) is 11.6. The van der Waals surface area contributed by atoms with E-state index in [2.05, 4.69) is 29.5 Å². The largest absolute Gasteiger partial charge is 0.354 e. The first kappa shape index (κ1) is 24.1. The number of carbonyl (C=O) groups excluding carboxylic acids is 2. The lowest BCUT2D eigenvalue weighted by Crippen LogP contribution is -2.46. The summed E-state index contributed by atoms with van der Waals surface area (Å²) < 4.78 is 16.5. The summed E-state index contributed by atoms with van der Waals surface area (Å²) in [4.78, 5) is 28.5. The van der Waals surface area contributed by atoms with Crippen LogP contribution in [0.25, 0.3) is 11.0 Å². The molecule has 0 aliphatic heterocycles. The van der Waals surface area contributed by atoms with Crippen LogP contribution in [0.15, 0.2) is 78.9 Å². The van der Waals surface area contributed by atoms with Gasteiger partial charge in [-0.25, -0.2) is 9.07 Å². The van der Waals surface area contributed by atoms with Crippen molar-refractivity contribution in [1.29, 1.82) is 0 Å². The van der Waals surface area contributed by atoms with Gasteiger partial charge < -0.3 is 5.32 Å². The van der Waals surface area contributed by atoms with Gasteiger partial charge in [0.1, 0.15) is 23.9 Å². The van der Waals surface area contributed by atoms with E-state index >= 15 is 4.39 Å². The molecule has 0 aliphatic carbocycles. The first-order chi connectivity index (χ1) is 17.0. The van der Waals surface area contributed by atoms with Crippen LogP contribution < -0.4 is 10.2 Å². The third-order valence-corrected chi connectivity index (χ3v) is 5.73. The number of nitrogens with one attached hydrogen (secondary N) is 1. The van der Waals surface area contributed by atoms with E-state index in [9.17, 15) is 9.59 Å². The fraction of sp³-hybridized carbons (Fsp3) is 0.259. The normalized spacial score (nSPS) is 12.0. The molecule has 1 N–H and O–H groups in total. The zero-order valence-electron chi connectivity index (χ0n) is 19.8. The van der Waals surface area contributed by atoms with E-state index in [0.717, 1.165) is 6.42 Å². The second-order valence-electron chi connectivity index (χ2n) is 8.74. The Hall–Kier alpha value is -4.07. The molecule has 0 saturated carbocycles. The lowest BCUT2D eigenvalue weighted by Gasteiger charge is -2.32. The number of anilines is 1. The number of benzene rings is 3. The predicted molar refractivity (Wildman–Crippen MR) is 133 cm³/mol. The molecular formula is C27H28FN5O2. The number of nitrogens with zero attached hydrogens (tertiary/aromatic N) is 4. The highest BCUT2D eigenvalue weighted by Crippen LogP contribution is 2.30. The van der Waals surface area contributed by atoms with Crippen molar-refractivity contribution in [2.75, 3.05) is 11.4 Å². The topological polar surface area (TPSA) is 80.1 Å². The van der Waals surface area contributed by atoms with Gasteiger partial charge in [-0.05, 0) is 42.2 Å². The van der Waals surface area contributed by atoms with E-state index in [1.54, 1.807) is 42.5 Å². The molecule has 7 nitrogen and oxygen atoms in total. The minimum Gasteiger partial charge on any atom is -0.354 e. The van der Waals surface area contributed by atoms with Gasteiger partial charge in [-0.2, -0.15) is 0 Å². The molecule has 8 heteroatoms. The fourth-order valence-electron chi connectivity index (χ4n) is 3.94. The standard InChI is InChI=1S/C27H28FN5O2/c1-19(2)16-17-29-27(35)26(20-10-4-3-5-11-20)33(23-14-8-6-12-21(23)28)25(34)18-32-24-15-9-7-13-22(24)30-31-32/h3-15,19,26H,16-18H2,1-2H3,(H,29,35)/t26-/m0/s1. The van der Waals surface area contributed by atoms with Crippen molar-refractivity contribution in [1.82, 2.24) is 20.3 Å². The summed E-state index contributed by atoms with van der Waals surface area (Å²) in [6, 6.07) is 21.1. The summed E-state index contributed by atoms with van der Waals surface area (Å²) in [6.07, 6.45) is 0.784. The summed E-state index contributed by atoms with van der Waals surface area (Å²) in [5.74, 6) is -1.06. The number of carbonyl (C=O) groups is 2. The van der Waals surface area contributed by atoms with Crippen molar-refractivity contribution in [2.45, 2.75) is 32.9 Å². The maximum absolute atomic E-state index is 15.1. The van der Waals surface area contributed by atoms with Gasteiger partial charge in [0.05, 0.1) is 11.2 Å². The molecule has 4 rings (SSSR count). The number of hydrogen-bond acceptors (Lipinski definition) is 4. The Balaban J connectivity index is 1.76. The van der Waals surface area contributed by atoms with Gasteiger partial charge in [0.15, 0.2) is 0 Å². The molecule has 0 fully saturated rings. The molecule has 3 aromatic carbocycles. The summed E-state index contributed by atoms with van der Waals surface area (Å²) >= 11 is 0. The average Bonchev–Trinajstić information content (AvgIpc) is 3.26. The van der Waals surface area contributed by atoms with Gasteiger partial charge in [0, 0.05) is 6.54 Å². The molecule has 1 atom stereocenters. The Labute approximate surface area is 203 Å². The second kappa shape index (κ2) is 10.9. The van der Waals surface area contributed by atoms with E-state index < -0.39 is 17.8 Å². The highest BCUT2D eigenvalue weighted by Gasteiger charge is 2.34. The summed E-state index contributed by atoms with van der Waals surface area (Å²) in [5, 5.41) is 11.1. The number of amides is 2. The predicted octanol–water partition coefficient (Wildman–Crippen LogP) is 4.51. The molecule has 0 radical (unpaired) electrons. The summed E-state index contributed by atoms with van der Waals surface area (Å²) in [6.45, 7) is 4.38. The van der Waals surface area contributed by atoms with Crippen molar-refractivity contribution in [3.8, 4) is 0 Å². The average molecular weight is 474 g/mol. The van der Waals surface area contributed by atoms with E-state index in [1.807, 2.05) is 24.3 Å². The van der Waals surface area contributed by atoms with E-state index in [-0.39, 0.29) is 18.1 Å². The molecular weight excluding hydrogens is 445 g/mol. The lowest BCUT2D eigenvalue weighted by atomic mass is 10.0. The van der Waals surface area contributed by atoms with Crippen molar-refractivity contribution < 1.29 is 14.0 Å². The first-order valence-corrected chi connectivity index (χ1v) is 11.6. The third-order valence-electron chi connectivity index (χ3n) is 5.73. The maximum Gasteiger partial charge on any atom is 0.249 e. The lowest BCUT2D eigenvalue weighted by molar-refractivity contribution is -0.127. The van der Waals surface area contributed by atoms with Crippen LogP contribution in [0.4, 0.5) is 10.1 Å². The molecule has 1 heterocycles. The van der Waals surface area contributed by atoms with Gasteiger partial charge in [-0.3, -0.25) is 14.5 Å². The molecule has 0 bridgehead atoms. The maximum atomic E-state index is 15.1. The van der Waals surface area contributed by atoms with Gasteiger partial charge in [-0.15, -0.1) is 5.10 Å². The van der Waals surface area contributed by atoms with Crippen molar-refractivity contribution in [2.24, 2.45) is 5.92 Å². The van der Waals surface area contributed by atoms with Crippen LogP contribution in [0.2, 0.25) is 0 Å². The SMILES string of the molecule is CC(C)CCNC(=O)[C@H](c1ccccc1)N(C(=O)Cn1nnc2ccccc21)c1ccccc1F. The molecule has 0 aliphatic rings. The molecule has 2 amide bonds. The van der Waals surface area contributed by atoms with Crippen LogP contribution in [0.5, 0.6) is 0 Å². The van der Waals surface area contributed by atoms with Gasteiger partial charge in [0.25, 0.3) is 0 Å². The van der Waals surface area contributed by atoms with Crippen LogP contribution in [0.3, 0.4) is 0 Å². The van der Waals surface area contributed by atoms with E-state index in [4.69, 9.17) is 0 Å². The number of rotatable bonds is 9. The quantitative estimate of drug-likeness (QED) is 0.388. The third kappa shape index (κ3) is 5.54. The highest BCUT2D eigenvalue weighted by atomic mass is 19.1. The van der Waals surface area contributed by atoms with Gasteiger partial charge in [-0.1, -0.05) is 73.7 Å². The highest BCUT2D eigenvalue weighted by molar-refractivity contribution is 6.01. The molecule has 0 spiro atoms. The van der Waals surface area contributed by atoms with Crippen LogP contribution in [-0.4, -0.2) is 33.4 Å². The summed E-state index contributed by atoms with van der Waals surface area (Å²) in [5.41, 5.74) is 1.92. The molecule has 0 unspecified atom stereocenters. The van der Waals surface area contributed by atoms with E-state index in [0.29, 0.717) is 29.1 Å². The second-order valence-corrected chi connectivity index (χ2v) is 8.74. The van der Waals surface area contributed by atoms with E-state index in [1.165, 1.54) is 21.7 Å². The number of fused-ring (bicyclic) bond motifs is 1. The van der Waals surface area contributed by atoms with Crippen molar-refractivity contribution in [3.63, 3.8) is 0 Å². The van der Waals surface area contributed by atoms with Crippen LogP contribution in [0.1, 0.15) is 31.9 Å². The Morgan fingerprint density at radius 1 is 0.971 bits per heavy atom. The Kier molecular flexibility index (Phi) is 7.50. The Morgan fingerprint density at radius 3 is 2.40 bits per heavy atom.